The second-order valence-corrected chi connectivity index (χ2v) is 15.4. The molecule has 0 aliphatic heterocycles. The largest absolute Gasteiger partial charge is 0.481 e. The first kappa shape index (κ1) is 28.1. The number of carboxylic acids is 1. The number of allylic oxidation sites excluding steroid dienone is 2. The van der Waals surface area contributed by atoms with Gasteiger partial charge in [0.2, 0.25) is 0 Å². The fraction of sp³-hybridized carbons (Fsp3) is 0.875. The van der Waals surface area contributed by atoms with Crippen molar-refractivity contribution in [2.75, 3.05) is 14.2 Å². The number of methoxy groups -OCH3 is 2. The van der Waals surface area contributed by atoms with Crippen LogP contribution in [-0.2, 0) is 19.1 Å². The molecule has 10 unspecified atom stereocenters. The zero-order valence-electron chi connectivity index (χ0n) is 24.9. The van der Waals surface area contributed by atoms with Crippen molar-refractivity contribution in [3.8, 4) is 0 Å². The monoisotopic (exact) mass is 530 g/mol. The van der Waals surface area contributed by atoms with Gasteiger partial charge in [0.25, 0.3) is 0 Å². The summed E-state index contributed by atoms with van der Waals surface area (Å²) in [4.78, 5) is 26.2. The molecule has 4 fully saturated rings. The number of aliphatic carboxylic acids is 1. The van der Waals surface area contributed by atoms with Gasteiger partial charge in [-0.15, -0.1) is 0 Å². The highest BCUT2D eigenvalue weighted by molar-refractivity contribution is 5.79. The minimum Gasteiger partial charge on any atom is -0.481 e. The molecule has 2 N–H and O–H groups in total. The average molecular weight is 531 g/mol. The highest BCUT2D eigenvalue weighted by atomic mass is 16.5. The smallest absolute Gasteiger partial charge is 0.312 e. The molecule has 0 amide bonds. The van der Waals surface area contributed by atoms with Crippen LogP contribution in [0.25, 0.3) is 0 Å². The molecule has 0 radical (unpaired) electrons. The quantitative estimate of drug-likeness (QED) is 0.343. The van der Waals surface area contributed by atoms with Crippen LogP contribution >= 0.6 is 0 Å². The molecule has 5 rings (SSSR count). The number of ether oxygens (including phenoxy) is 2. The summed E-state index contributed by atoms with van der Waals surface area (Å²) in [6.07, 6.45) is 8.91. The van der Waals surface area contributed by atoms with Crippen LogP contribution in [0.5, 0.6) is 0 Å². The number of hydrogen-bond acceptors (Lipinski definition) is 5. The van der Waals surface area contributed by atoms with Crippen LogP contribution in [0, 0.1) is 50.2 Å². The third-order valence-electron chi connectivity index (χ3n) is 13.6. The minimum absolute atomic E-state index is 0.0355. The SMILES string of the molecule is COC(=O)C12CCC(C)(C)CC1C1=CCC3C4(C)CC(OC)C(O)C(C)(C(=O)O)C4CCC3(C)C1(C)CC2. The minimum atomic E-state index is -1.25. The van der Waals surface area contributed by atoms with Crippen molar-refractivity contribution >= 4 is 11.9 Å². The molecular weight excluding hydrogens is 480 g/mol. The van der Waals surface area contributed by atoms with Crippen molar-refractivity contribution < 1.29 is 29.3 Å². The topological polar surface area (TPSA) is 93.1 Å². The van der Waals surface area contributed by atoms with E-state index in [2.05, 4.69) is 40.7 Å². The molecule has 0 bridgehead atoms. The summed E-state index contributed by atoms with van der Waals surface area (Å²) >= 11 is 0. The molecule has 0 heterocycles. The molecule has 6 heteroatoms. The third-order valence-corrected chi connectivity index (χ3v) is 13.6. The van der Waals surface area contributed by atoms with E-state index in [1.807, 2.05) is 0 Å². The molecule has 0 saturated heterocycles. The lowest BCUT2D eigenvalue weighted by Gasteiger charge is -2.71. The van der Waals surface area contributed by atoms with E-state index in [4.69, 9.17) is 9.47 Å². The summed E-state index contributed by atoms with van der Waals surface area (Å²) in [6, 6.07) is 0. The van der Waals surface area contributed by atoms with Crippen LogP contribution in [0.1, 0.15) is 99.3 Å². The van der Waals surface area contributed by atoms with Crippen molar-refractivity contribution in [3.63, 3.8) is 0 Å². The Balaban J connectivity index is 1.62. The molecule has 4 saturated carbocycles. The number of carboxylic acid groups (broad SMARTS) is 1. The van der Waals surface area contributed by atoms with E-state index in [1.54, 1.807) is 21.1 Å². The van der Waals surface area contributed by atoms with Gasteiger partial charge >= 0.3 is 11.9 Å². The second-order valence-electron chi connectivity index (χ2n) is 15.4. The fourth-order valence-electron chi connectivity index (χ4n) is 11.1. The van der Waals surface area contributed by atoms with Crippen LogP contribution < -0.4 is 0 Å². The normalized spacial score (nSPS) is 51.4. The van der Waals surface area contributed by atoms with Crippen LogP contribution in [-0.4, -0.2) is 48.6 Å². The van der Waals surface area contributed by atoms with Crippen molar-refractivity contribution in [1.82, 2.24) is 0 Å². The van der Waals surface area contributed by atoms with E-state index in [0.29, 0.717) is 6.42 Å². The summed E-state index contributed by atoms with van der Waals surface area (Å²) in [6.45, 7) is 13.6. The Morgan fingerprint density at radius 1 is 0.921 bits per heavy atom. The predicted octanol–water partition coefficient (Wildman–Crippen LogP) is 6.01. The van der Waals surface area contributed by atoms with Gasteiger partial charge in [0, 0.05) is 7.11 Å². The number of carbonyl (C=O) groups is 2. The van der Waals surface area contributed by atoms with Gasteiger partial charge in [-0.1, -0.05) is 46.3 Å². The summed E-state index contributed by atoms with van der Waals surface area (Å²) in [5.74, 6) is -0.629. The first-order chi connectivity index (χ1) is 17.6. The first-order valence-electron chi connectivity index (χ1n) is 14.8. The standard InChI is InChI=1S/C32H50O6/c1-27(2)13-15-32(26(36)38-8)16-14-29(4)19(20(32)17-27)9-10-22-28(3)18-21(37-7)24(33)31(6,25(34)35)23(28)11-12-30(22,29)5/h9,20-24,33H,10-18H2,1-8H3,(H,34,35). The van der Waals surface area contributed by atoms with Crippen molar-refractivity contribution in [2.24, 2.45) is 50.2 Å². The summed E-state index contributed by atoms with van der Waals surface area (Å²) < 4.78 is 11.2. The van der Waals surface area contributed by atoms with Gasteiger partial charge in [-0.25, -0.2) is 0 Å². The second kappa shape index (κ2) is 8.55. The average Bonchev–Trinajstić information content (AvgIpc) is 2.85. The number of rotatable bonds is 3. The van der Waals surface area contributed by atoms with Gasteiger partial charge in [0.15, 0.2) is 0 Å². The van der Waals surface area contributed by atoms with Gasteiger partial charge < -0.3 is 19.7 Å². The molecular formula is C32H50O6. The van der Waals surface area contributed by atoms with Gasteiger partial charge in [0.1, 0.15) is 0 Å². The summed E-state index contributed by atoms with van der Waals surface area (Å²) in [5, 5.41) is 21.7. The molecule has 10 atom stereocenters. The lowest BCUT2D eigenvalue weighted by molar-refractivity contribution is -0.243. The van der Waals surface area contributed by atoms with E-state index < -0.39 is 29.0 Å². The highest BCUT2D eigenvalue weighted by Gasteiger charge is 2.72. The Bertz CT molecular complexity index is 1050. The Morgan fingerprint density at radius 2 is 1.58 bits per heavy atom. The Morgan fingerprint density at radius 3 is 2.18 bits per heavy atom. The maximum atomic E-state index is 13.4. The maximum absolute atomic E-state index is 13.4. The predicted molar refractivity (Wildman–Crippen MR) is 145 cm³/mol. The molecule has 0 aromatic heterocycles. The summed E-state index contributed by atoms with van der Waals surface area (Å²) in [7, 11) is 3.14. The van der Waals surface area contributed by atoms with Gasteiger partial charge in [-0.3, -0.25) is 9.59 Å². The summed E-state index contributed by atoms with van der Waals surface area (Å²) in [5.41, 5.74) is -0.435. The molecule has 0 spiro atoms. The number of esters is 1. The number of hydrogen-bond donors (Lipinski definition) is 2. The zero-order valence-corrected chi connectivity index (χ0v) is 24.9. The number of aliphatic hydroxyl groups is 1. The third kappa shape index (κ3) is 3.31. The van der Waals surface area contributed by atoms with Gasteiger partial charge in [-0.2, -0.15) is 0 Å². The zero-order chi connectivity index (χ0) is 28.1. The molecule has 6 nitrogen and oxygen atoms in total. The molecule has 38 heavy (non-hydrogen) atoms. The van der Waals surface area contributed by atoms with E-state index in [9.17, 15) is 19.8 Å². The molecule has 214 valence electrons. The van der Waals surface area contributed by atoms with Crippen molar-refractivity contribution in [2.45, 2.75) is 112 Å². The molecule has 5 aliphatic carbocycles. The van der Waals surface area contributed by atoms with Gasteiger partial charge in [0.05, 0.1) is 30.1 Å². The van der Waals surface area contributed by atoms with E-state index in [0.717, 1.165) is 51.4 Å². The molecule has 0 aromatic rings. The lowest BCUT2D eigenvalue weighted by atomic mass is 9.33. The van der Waals surface area contributed by atoms with Gasteiger partial charge in [-0.05, 0) is 104 Å². The van der Waals surface area contributed by atoms with Crippen molar-refractivity contribution in [1.29, 1.82) is 0 Å². The Labute approximate surface area is 228 Å². The van der Waals surface area contributed by atoms with Crippen LogP contribution in [0.2, 0.25) is 0 Å². The first-order valence-corrected chi connectivity index (χ1v) is 14.8. The Kier molecular flexibility index (Phi) is 6.33. The van der Waals surface area contributed by atoms with E-state index in [-0.39, 0.29) is 45.4 Å². The Hall–Kier alpha value is -1.40. The highest BCUT2D eigenvalue weighted by Crippen LogP contribution is 2.76. The number of fused-ring (bicyclic) bond motifs is 7. The lowest BCUT2D eigenvalue weighted by Crippen LogP contribution is -2.69. The molecule has 5 aliphatic rings. The van der Waals surface area contributed by atoms with Crippen LogP contribution in [0.4, 0.5) is 0 Å². The van der Waals surface area contributed by atoms with Crippen LogP contribution in [0.15, 0.2) is 11.6 Å². The maximum Gasteiger partial charge on any atom is 0.312 e. The van der Waals surface area contributed by atoms with E-state index in [1.165, 1.54) is 5.57 Å². The van der Waals surface area contributed by atoms with Crippen LogP contribution in [0.3, 0.4) is 0 Å². The van der Waals surface area contributed by atoms with Crippen molar-refractivity contribution in [3.05, 3.63) is 11.6 Å². The van der Waals surface area contributed by atoms with E-state index >= 15 is 0 Å². The fourth-order valence-corrected chi connectivity index (χ4v) is 11.1. The number of aliphatic hydroxyl groups excluding tert-OH is 1. The molecule has 0 aromatic carbocycles. The number of carbonyl (C=O) groups excluding carboxylic acids is 1.